The van der Waals surface area contributed by atoms with E-state index < -0.39 is 104 Å². The molecule has 15 heteroatoms. The monoisotopic (exact) mass is 712 g/mol. The summed E-state index contributed by atoms with van der Waals surface area (Å²) in [7, 11) is 1.24. The first-order valence-electron chi connectivity index (χ1n) is 15.4. The number of amides is 4. The van der Waals surface area contributed by atoms with Crippen LogP contribution in [0.1, 0.15) is 56.4 Å². The summed E-state index contributed by atoms with van der Waals surface area (Å²) >= 11 is 14.3. The number of anilines is 1. The molecule has 2 saturated heterocycles. The highest BCUT2D eigenvalue weighted by molar-refractivity contribution is 6.58. The van der Waals surface area contributed by atoms with Crippen LogP contribution in [-0.2, 0) is 19.2 Å². The number of ether oxygens (including phenoxy) is 1. The summed E-state index contributed by atoms with van der Waals surface area (Å²) in [5.41, 5.74) is -1.81. The number of alkyl halides is 2. The van der Waals surface area contributed by atoms with Gasteiger partial charge in [-0.1, -0.05) is 37.0 Å². The molecule has 0 unspecified atom stereocenters. The number of fused-ring (bicyclic) bond motifs is 4. The van der Waals surface area contributed by atoms with E-state index in [0.29, 0.717) is 12.8 Å². The molecule has 0 spiro atoms. The maximum atomic E-state index is 15.2. The average molecular weight is 713 g/mol. The molecule has 2 saturated carbocycles. The Morgan fingerprint density at radius 1 is 0.854 bits per heavy atom. The molecule has 2 heterocycles. The Morgan fingerprint density at radius 2 is 1.48 bits per heavy atom. The number of carbonyl (C=O) groups is 4. The van der Waals surface area contributed by atoms with Crippen LogP contribution >= 0.6 is 23.2 Å². The number of halogens is 7. The second-order valence-electron chi connectivity index (χ2n) is 12.9. The Labute approximate surface area is 280 Å². The van der Waals surface area contributed by atoms with Gasteiger partial charge in [-0.05, 0) is 43.7 Å². The molecule has 48 heavy (non-hydrogen) atoms. The number of rotatable bonds is 4. The van der Waals surface area contributed by atoms with E-state index in [-0.39, 0.29) is 34.2 Å². The number of hydrogen-bond acceptors (Lipinski definition) is 6. The molecule has 4 amide bonds. The van der Waals surface area contributed by atoms with Crippen LogP contribution in [0.3, 0.4) is 0 Å². The summed E-state index contributed by atoms with van der Waals surface area (Å²) in [4.78, 5) is 52.2. The van der Waals surface area contributed by atoms with Crippen molar-refractivity contribution in [3.63, 3.8) is 0 Å². The molecule has 0 bridgehead atoms. The van der Waals surface area contributed by atoms with Crippen LogP contribution in [0.2, 0.25) is 0 Å². The van der Waals surface area contributed by atoms with Crippen LogP contribution < -0.4 is 9.64 Å². The smallest absolute Gasteiger partial charge is 0.258 e. The topological polar surface area (TPSA) is 104 Å². The quantitative estimate of drug-likeness (QED) is 0.104. The predicted octanol–water partition coefficient (Wildman–Crippen LogP) is 5.99. The summed E-state index contributed by atoms with van der Waals surface area (Å²) in [5.74, 6) is -21.6. The highest BCUT2D eigenvalue weighted by atomic mass is 35.5. The fourth-order valence-electron chi connectivity index (χ4n) is 8.61. The van der Waals surface area contributed by atoms with Crippen molar-refractivity contribution in [3.05, 3.63) is 64.5 Å². The van der Waals surface area contributed by atoms with Crippen molar-refractivity contribution >= 4 is 52.5 Å². The number of likely N-dealkylation sites (tertiary alicyclic amines) is 1. The van der Waals surface area contributed by atoms with Crippen molar-refractivity contribution in [1.82, 2.24) is 4.90 Å². The van der Waals surface area contributed by atoms with Gasteiger partial charge in [0.15, 0.2) is 33.0 Å². The average Bonchev–Trinajstić information content (AvgIpc) is 3.41. The summed E-state index contributed by atoms with van der Waals surface area (Å²) in [6.45, 7) is 0. The SMILES string of the molecule is COc1cccc(O)c1[C@H]1C2=CC[C@@H]3C(=O)N(C4CCCCC4)C(=O)[C@@H]3[C@@H]2C[C@@]2(Cl)C(=O)N(c3c(F)c(F)c(F)c(F)c3F)C(=O)[C@@]12Cl. The number of imide groups is 2. The van der Waals surface area contributed by atoms with E-state index >= 15 is 8.78 Å². The lowest BCUT2D eigenvalue weighted by Gasteiger charge is -2.50. The first-order valence-corrected chi connectivity index (χ1v) is 16.2. The standard InChI is InChI=1S/C33H27Cl2F5N2O6/c1-48-18-9-5-8-17(43)20(18)21-14-10-11-15-19(29(45)41(28(15)44)13-6-3-2-4-7-13)16(14)12-32(34)30(46)42(31(47)33(21,32)35)27-25(39)23(37)22(36)24(38)26(27)40/h5,8-10,13,15-16,19,21,43H,2-4,6-7,11-12H2,1H3/t15-,16+,19-,21+,32+,33-/m0/s1. The predicted molar refractivity (Wildman–Crippen MR) is 160 cm³/mol. The van der Waals surface area contributed by atoms with Crippen molar-refractivity contribution in [2.75, 3.05) is 12.0 Å². The number of carbonyl (C=O) groups excluding carboxylic acids is 4. The molecular weight excluding hydrogens is 686 g/mol. The fraction of sp³-hybridized carbons (Fsp3) is 0.455. The number of benzene rings is 2. The van der Waals surface area contributed by atoms with E-state index in [1.54, 1.807) is 6.08 Å². The van der Waals surface area contributed by atoms with Crippen molar-refractivity contribution in [1.29, 1.82) is 0 Å². The summed E-state index contributed by atoms with van der Waals surface area (Å²) < 4.78 is 78.7. The Morgan fingerprint density at radius 3 is 2.10 bits per heavy atom. The van der Waals surface area contributed by atoms with Gasteiger partial charge >= 0.3 is 0 Å². The minimum absolute atomic E-state index is 0.0163. The molecule has 0 aromatic heterocycles. The number of phenolic OH excluding ortho intramolecular Hbond substituents is 1. The lowest BCUT2D eigenvalue weighted by atomic mass is 9.56. The van der Waals surface area contributed by atoms with Gasteiger partial charge in [0.05, 0.1) is 18.9 Å². The maximum Gasteiger partial charge on any atom is 0.258 e. The molecule has 0 radical (unpaired) electrons. The third kappa shape index (κ3) is 4.06. The van der Waals surface area contributed by atoms with Gasteiger partial charge in [-0.3, -0.25) is 24.1 Å². The fourth-order valence-corrected chi connectivity index (χ4v) is 9.53. The molecule has 4 fully saturated rings. The van der Waals surface area contributed by atoms with Gasteiger partial charge in [0.1, 0.15) is 17.2 Å². The van der Waals surface area contributed by atoms with Gasteiger partial charge < -0.3 is 9.84 Å². The Bertz CT molecular complexity index is 1820. The van der Waals surface area contributed by atoms with Crippen LogP contribution in [-0.4, -0.2) is 56.5 Å². The lowest BCUT2D eigenvalue weighted by Crippen LogP contribution is -2.60. The Balaban J connectivity index is 1.45. The highest BCUT2D eigenvalue weighted by Crippen LogP contribution is 2.67. The van der Waals surface area contributed by atoms with Gasteiger partial charge in [-0.25, -0.2) is 26.9 Å². The van der Waals surface area contributed by atoms with Crippen molar-refractivity contribution in [2.45, 2.75) is 66.7 Å². The van der Waals surface area contributed by atoms with Gasteiger partial charge in [0, 0.05) is 17.5 Å². The van der Waals surface area contributed by atoms with E-state index in [4.69, 9.17) is 27.9 Å². The largest absolute Gasteiger partial charge is 0.508 e. The summed E-state index contributed by atoms with van der Waals surface area (Å²) in [6, 6.07) is 3.70. The van der Waals surface area contributed by atoms with E-state index in [2.05, 4.69) is 0 Å². The van der Waals surface area contributed by atoms with Crippen LogP contribution in [0.25, 0.3) is 0 Å². The van der Waals surface area contributed by atoms with Crippen LogP contribution in [0.15, 0.2) is 29.8 Å². The van der Waals surface area contributed by atoms with Crippen molar-refractivity contribution in [2.24, 2.45) is 17.8 Å². The molecule has 1 N–H and O–H groups in total. The van der Waals surface area contributed by atoms with E-state index in [0.717, 1.165) is 19.3 Å². The number of aromatic hydroxyl groups is 1. The van der Waals surface area contributed by atoms with Gasteiger partial charge in [0.25, 0.3) is 11.8 Å². The normalized spacial score (nSPS) is 32.0. The van der Waals surface area contributed by atoms with Crippen molar-refractivity contribution in [3.8, 4) is 11.5 Å². The van der Waals surface area contributed by atoms with Crippen molar-refractivity contribution < 1.29 is 51.0 Å². The summed E-state index contributed by atoms with van der Waals surface area (Å²) in [5, 5.41) is 11.2. The summed E-state index contributed by atoms with van der Waals surface area (Å²) in [6.07, 6.45) is 4.82. The molecule has 3 aliphatic carbocycles. The third-order valence-electron chi connectivity index (χ3n) is 10.7. The van der Waals surface area contributed by atoms with Crippen LogP contribution in [0.5, 0.6) is 11.5 Å². The second kappa shape index (κ2) is 11.2. The lowest BCUT2D eigenvalue weighted by molar-refractivity contribution is -0.143. The van der Waals surface area contributed by atoms with E-state index in [9.17, 15) is 37.5 Å². The number of allylic oxidation sites excluding steroid dienone is 2. The molecule has 8 nitrogen and oxygen atoms in total. The van der Waals surface area contributed by atoms with E-state index in [1.807, 2.05) is 0 Å². The van der Waals surface area contributed by atoms with E-state index in [1.165, 1.54) is 30.2 Å². The van der Waals surface area contributed by atoms with Gasteiger partial charge in [-0.2, -0.15) is 0 Å². The zero-order chi connectivity index (χ0) is 34.6. The highest BCUT2D eigenvalue weighted by Gasteiger charge is 2.77. The molecule has 2 aliphatic heterocycles. The molecule has 5 aliphatic rings. The first kappa shape index (κ1) is 32.8. The number of hydrogen-bond donors (Lipinski definition) is 1. The van der Waals surface area contributed by atoms with Crippen LogP contribution in [0, 0.1) is 46.8 Å². The van der Waals surface area contributed by atoms with Gasteiger partial charge in [-0.15, -0.1) is 23.2 Å². The minimum atomic E-state index is -2.76. The van der Waals surface area contributed by atoms with Crippen LogP contribution in [0.4, 0.5) is 27.6 Å². The Hall–Kier alpha value is -3.71. The first-order chi connectivity index (χ1) is 22.7. The molecule has 6 atom stereocenters. The maximum absolute atomic E-state index is 15.2. The number of methoxy groups -OCH3 is 1. The molecule has 2 aromatic rings. The number of nitrogens with zero attached hydrogens (tertiary/aromatic N) is 2. The molecule has 2 aromatic carbocycles. The van der Waals surface area contributed by atoms with Gasteiger partial charge in [0.2, 0.25) is 17.6 Å². The second-order valence-corrected chi connectivity index (χ2v) is 14.2. The molecular formula is C33H27Cl2F5N2O6. The molecule has 7 rings (SSSR count). The number of phenols is 1. The zero-order valence-corrected chi connectivity index (χ0v) is 26.7. The Kier molecular flexibility index (Phi) is 7.63. The third-order valence-corrected chi connectivity index (χ3v) is 12.2. The minimum Gasteiger partial charge on any atom is -0.508 e. The zero-order valence-electron chi connectivity index (χ0n) is 25.2. The molecule has 254 valence electrons.